The highest BCUT2D eigenvalue weighted by Crippen LogP contribution is 2.18. The van der Waals surface area contributed by atoms with Crippen molar-refractivity contribution in [1.82, 2.24) is 15.1 Å². The van der Waals surface area contributed by atoms with Crippen LogP contribution in [0.1, 0.15) is 31.7 Å². The lowest BCUT2D eigenvalue weighted by molar-refractivity contribution is 0.0604. The number of hydrogen-bond donors (Lipinski definition) is 1. The van der Waals surface area contributed by atoms with E-state index in [0.717, 1.165) is 13.1 Å². The number of piperazine rings is 1. The molecule has 0 saturated carbocycles. The first-order valence-corrected chi connectivity index (χ1v) is 8.17. The van der Waals surface area contributed by atoms with E-state index in [2.05, 4.69) is 60.4 Å². The van der Waals surface area contributed by atoms with E-state index >= 15 is 0 Å². The van der Waals surface area contributed by atoms with Crippen LogP contribution in [-0.2, 0) is 0 Å². The first-order chi connectivity index (χ1) is 9.08. The zero-order valence-electron chi connectivity index (χ0n) is 12.6. The number of rotatable bonds is 5. The fourth-order valence-corrected chi connectivity index (χ4v) is 3.53. The van der Waals surface area contributed by atoms with Gasteiger partial charge in [0.05, 0.1) is 0 Å². The Morgan fingerprint density at radius 1 is 1.37 bits per heavy atom. The summed E-state index contributed by atoms with van der Waals surface area (Å²) in [5.74, 6) is 0. The van der Waals surface area contributed by atoms with Crippen LogP contribution in [0.25, 0.3) is 0 Å². The van der Waals surface area contributed by atoms with Gasteiger partial charge in [-0.25, -0.2) is 0 Å². The molecule has 1 saturated heterocycles. The fraction of sp³-hybridized carbons (Fsp3) is 0.733. The molecule has 1 N–H and O–H groups in total. The Labute approximate surface area is 121 Å². The van der Waals surface area contributed by atoms with Crippen LogP contribution in [0.3, 0.4) is 0 Å². The summed E-state index contributed by atoms with van der Waals surface area (Å²) in [6, 6.07) is 6.14. The molecule has 1 aliphatic heterocycles. The molecule has 1 fully saturated rings. The maximum absolute atomic E-state index is 3.63. The van der Waals surface area contributed by atoms with E-state index in [9.17, 15) is 0 Å². The molecule has 2 rings (SSSR count). The van der Waals surface area contributed by atoms with Crippen molar-refractivity contribution < 1.29 is 0 Å². The minimum Gasteiger partial charge on any atom is -0.308 e. The molecule has 0 radical (unpaired) electrons. The molecule has 0 amide bonds. The van der Waals surface area contributed by atoms with Crippen molar-refractivity contribution in [3.05, 3.63) is 22.4 Å². The lowest BCUT2D eigenvalue weighted by Gasteiger charge is -2.42. The number of nitrogens with one attached hydrogen (secondary N) is 1. The molecule has 1 aromatic rings. The zero-order chi connectivity index (χ0) is 13.8. The fourth-order valence-electron chi connectivity index (χ4n) is 2.77. The van der Waals surface area contributed by atoms with Crippen LogP contribution < -0.4 is 5.32 Å². The third-order valence-corrected chi connectivity index (χ3v) is 5.34. The van der Waals surface area contributed by atoms with E-state index in [-0.39, 0.29) is 0 Å². The molecule has 19 heavy (non-hydrogen) atoms. The van der Waals surface area contributed by atoms with Crippen LogP contribution in [0.2, 0.25) is 0 Å². The smallest absolute Gasteiger partial charge is 0.0386 e. The van der Waals surface area contributed by atoms with E-state index in [1.165, 1.54) is 18.0 Å². The van der Waals surface area contributed by atoms with Gasteiger partial charge in [-0.05, 0) is 39.3 Å². The lowest BCUT2D eigenvalue weighted by Crippen LogP contribution is -2.55. The molecule has 108 valence electrons. The molecule has 0 aliphatic carbocycles. The summed E-state index contributed by atoms with van der Waals surface area (Å²) in [6.07, 6.45) is 0. The van der Waals surface area contributed by atoms with Crippen molar-refractivity contribution >= 4 is 11.3 Å². The molecule has 1 aliphatic rings. The Kier molecular flexibility index (Phi) is 5.39. The molecule has 2 heterocycles. The van der Waals surface area contributed by atoms with Crippen LogP contribution in [0.4, 0.5) is 0 Å². The Balaban J connectivity index is 1.71. The quantitative estimate of drug-likeness (QED) is 0.894. The van der Waals surface area contributed by atoms with E-state index in [1.54, 1.807) is 0 Å². The Bertz CT molecular complexity index is 353. The topological polar surface area (TPSA) is 18.5 Å². The molecule has 0 bridgehead atoms. The van der Waals surface area contributed by atoms with Crippen molar-refractivity contribution in [3.63, 3.8) is 0 Å². The summed E-state index contributed by atoms with van der Waals surface area (Å²) in [7, 11) is 2.24. The maximum Gasteiger partial charge on any atom is 0.0386 e. The molecule has 4 heteroatoms. The molecule has 3 atom stereocenters. The molecule has 3 unspecified atom stereocenters. The van der Waals surface area contributed by atoms with Gasteiger partial charge in [-0.3, -0.25) is 9.80 Å². The summed E-state index contributed by atoms with van der Waals surface area (Å²) in [4.78, 5) is 6.50. The predicted octanol–water partition coefficient (Wildman–Crippen LogP) is 2.42. The zero-order valence-corrected chi connectivity index (χ0v) is 13.4. The lowest BCUT2D eigenvalue weighted by atomic mass is 10.1. The van der Waals surface area contributed by atoms with Gasteiger partial charge in [-0.2, -0.15) is 0 Å². The van der Waals surface area contributed by atoms with E-state index in [0.29, 0.717) is 18.1 Å². The number of likely N-dealkylation sites (N-methyl/N-ethyl adjacent to an activating group) is 1. The van der Waals surface area contributed by atoms with Gasteiger partial charge < -0.3 is 5.32 Å². The molecule has 1 aromatic heterocycles. The Morgan fingerprint density at radius 2 is 2.05 bits per heavy atom. The van der Waals surface area contributed by atoms with Crippen LogP contribution in [0.5, 0.6) is 0 Å². The minimum atomic E-state index is 0.474. The van der Waals surface area contributed by atoms with Crippen LogP contribution >= 0.6 is 11.3 Å². The first-order valence-electron chi connectivity index (χ1n) is 7.29. The van der Waals surface area contributed by atoms with Gasteiger partial charge in [-0.15, -0.1) is 11.3 Å². The van der Waals surface area contributed by atoms with Crippen LogP contribution in [0, 0.1) is 0 Å². The highest BCUT2D eigenvalue weighted by molar-refractivity contribution is 7.10. The first kappa shape index (κ1) is 15.0. The van der Waals surface area contributed by atoms with E-state index in [1.807, 2.05) is 11.3 Å². The van der Waals surface area contributed by atoms with E-state index in [4.69, 9.17) is 0 Å². The van der Waals surface area contributed by atoms with Gasteiger partial charge in [0.25, 0.3) is 0 Å². The van der Waals surface area contributed by atoms with Crippen LogP contribution in [0.15, 0.2) is 17.5 Å². The predicted molar refractivity (Wildman–Crippen MR) is 83.9 cm³/mol. The van der Waals surface area contributed by atoms with Crippen LogP contribution in [-0.4, -0.2) is 55.1 Å². The second kappa shape index (κ2) is 6.84. The molecule has 3 nitrogen and oxygen atoms in total. The number of thiophene rings is 1. The maximum atomic E-state index is 3.63. The van der Waals surface area contributed by atoms with Gasteiger partial charge in [0.1, 0.15) is 0 Å². The average molecular weight is 281 g/mol. The summed E-state index contributed by atoms with van der Waals surface area (Å²) < 4.78 is 0. The molecular weight excluding hydrogens is 254 g/mol. The van der Waals surface area contributed by atoms with E-state index < -0.39 is 0 Å². The Hall–Kier alpha value is -0.420. The molecule has 0 spiro atoms. The summed E-state index contributed by atoms with van der Waals surface area (Å²) in [5, 5.41) is 5.78. The molecule has 0 aromatic carbocycles. The van der Waals surface area contributed by atoms with Crippen molar-refractivity contribution in [3.8, 4) is 0 Å². The minimum absolute atomic E-state index is 0.474. The highest BCUT2D eigenvalue weighted by Gasteiger charge is 2.25. The normalized spacial score (nSPS) is 27.6. The van der Waals surface area contributed by atoms with Gasteiger partial charge in [0.2, 0.25) is 0 Å². The third kappa shape index (κ3) is 4.02. The Morgan fingerprint density at radius 3 is 2.63 bits per heavy atom. The van der Waals surface area contributed by atoms with Crippen molar-refractivity contribution in [2.24, 2.45) is 0 Å². The standard InChI is InChI=1S/C15H27N3S/c1-12-10-18(11-13(2)17(12)4)8-7-16-14(3)15-6-5-9-19-15/h5-6,9,12-14,16H,7-8,10-11H2,1-4H3. The summed E-state index contributed by atoms with van der Waals surface area (Å²) in [6.45, 7) is 11.5. The van der Waals surface area contributed by atoms with Gasteiger partial charge in [0, 0.05) is 49.2 Å². The van der Waals surface area contributed by atoms with Crippen molar-refractivity contribution in [2.45, 2.75) is 38.9 Å². The SMILES string of the molecule is CC(NCCN1CC(C)N(C)C(C)C1)c1cccs1. The van der Waals surface area contributed by atoms with Crippen molar-refractivity contribution in [2.75, 3.05) is 33.2 Å². The van der Waals surface area contributed by atoms with Gasteiger partial charge in [-0.1, -0.05) is 6.07 Å². The highest BCUT2D eigenvalue weighted by atomic mass is 32.1. The largest absolute Gasteiger partial charge is 0.308 e. The summed E-state index contributed by atoms with van der Waals surface area (Å²) >= 11 is 1.84. The van der Waals surface area contributed by atoms with Gasteiger partial charge in [0.15, 0.2) is 0 Å². The van der Waals surface area contributed by atoms with Gasteiger partial charge >= 0.3 is 0 Å². The number of hydrogen-bond acceptors (Lipinski definition) is 4. The second-order valence-corrected chi connectivity index (χ2v) is 6.79. The third-order valence-electron chi connectivity index (χ3n) is 4.28. The monoisotopic (exact) mass is 281 g/mol. The number of nitrogens with zero attached hydrogens (tertiary/aromatic N) is 2. The summed E-state index contributed by atoms with van der Waals surface area (Å²) in [5.41, 5.74) is 0. The molecular formula is C15H27N3S. The average Bonchev–Trinajstić information content (AvgIpc) is 2.89. The van der Waals surface area contributed by atoms with Crippen molar-refractivity contribution in [1.29, 1.82) is 0 Å². The second-order valence-electron chi connectivity index (χ2n) is 5.81.